The van der Waals surface area contributed by atoms with Gasteiger partial charge >= 0.3 is 0 Å². The number of aryl methyl sites for hydroxylation is 1. The number of pyridine rings is 1. The van der Waals surface area contributed by atoms with E-state index < -0.39 is 0 Å². The minimum atomic E-state index is 0.0748. The predicted molar refractivity (Wildman–Crippen MR) is 73.0 cm³/mol. The minimum Gasteiger partial charge on any atom is -0.294 e. The van der Waals surface area contributed by atoms with E-state index in [0.29, 0.717) is 0 Å². The summed E-state index contributed by atoms with van der Waals surface area (Å²) in [6.07, 6.45) is 4.32. The van der Waals surface area contributed by atoms with Crippen molar-refractivity contribution in [3.63, 3.8) is 0 Å². The van der Waals surface area contributed by atoms with Gasteiger partial charge in [0.2, 0.25) is 0 Å². The van der Waals surface area contributed by atoms with Crippen LogP contribution in [0.15, 0.2) is 36.7 Å². The number of hydrogen-bond acceptors (Lipinski definition) is 2. The first-order chi connectivity index (χ1) is 8.58. The predicted octanol–water partition coefficient (Wildman–Crippen LogP) is 3.49. The standard InChI is InChI=1S/C16H17NO/c1-11-4-6-14(7-5-11)8-15-9-17-10-16(12(15)2)13(3)18/h4-7,9-10H,8H2,1-3H3. The number of Topliss-reactive ketones (excluding diaryl/α,β-unsaturated/α-hetero) is 1. The van der Waals surface area contributed by atoms with Crippen LogP contribution in [0.4, 0.5) is 0 Å². The third-order valence-electron chi connectivity index (χ3n) is 3.21. The molecule has 92 valence electrons. The molecule has 0 fully saturated rings. The van der Waals surface area contributed by atoms with Crippen LogP contribution in [-0.2, 0) is 6.42 Å². The summed E-state index contributed by atoms with van der Waals surface area (Å²) in [5, 5.41) is 0. The Morgan fingerprint density at radius 1 is 1.11 bits per heavy atom. The van der Waals surface area contributed by atoms with Gasteiger partial charge in [-0.25, -0.2) is 0 Å². The molecule has 18 heavy (non-hydrogen) atoms. The number of benzene rings is 1. The second kappa shape index (κ2) is 5.13. The zero-order chi connectivity index (χ0) is 13.1. The largest absolute Gasteiger partial charge is 0.294 e. The van der Waals surface area contributed by atoms with Crippen LogP contribution in [0.5, 0.6) is 0 Å². The summed E-state index contributed by atoms with van der Waals surface area (Å²) in [6, 6.07) is 8.45. The molecular formula is C16H17NO. The second-order valence-corrected chi connectivity index (χ2v) is 4.69. The molecule has 0 unspecified atom stereocenters. The lowest BCUT2D eigenvalue weighted by molar-refractivity contribution is 0.101. The molecule has 0 radical (unpaired) electrons. The summed E-state index contributed by atoms with van der Waals surface area (Å²) in [4.78, 5) is 15.6. The molecule has 0 aliphatic carbocycles. The summed E-state index contributed by atoms with van der Waals surface area (Å²) in [5.41, 5.74) is 5.38. The number of aromatic nitrogens is 1. The first-order valence-electron chi connectivity index (χ1n) is 6.08. The normalized spacial score (nSPS) is 10.4. The molecular weight excluding hydrogens is 222 g/mol. The lowest BCUT2D eigenvalue weighted by Gasteiger charge is -2.09. The highest BCUT2D eigenvalue weighted by molar-refractivity contribution is 5.95. The molecule has 0 aliphatic rings. The average molecular weight is 239 g/mol. The van der Waals surface area contributed by atoms with Crippen LogP contribution in [-0.4, -0.2) is 10.8 Å². The van der Waals surface area contributed by atoms with Gasteiger partial charge in [0.05, 0.1) is 0 Å². The molecule has 2 aromatic rings. The molecule has 0 saturated carbocycles. The monoisotopic (exact) mass is 239 g/mol. The highest BCUT2D eigenvalue weighted by atomic mass is 16.1. The van der Waals surface area contributed by atoms with Gasteiger partial charge in [0.15, 0.2) is 5.78 Å². The van der Waals surface area contributed by atoms with Crippen molar-refractivity contribution in [2.24, 2.45) is 0 Å². The Morgan fingerprint density at radius 3 is 2.39 bits per heavy atom. The van der Waals surface area contributed by atoms with Gasteiger partial charge in [0.1, 0.15) is 0 Å². The molecule has 2 rings (SSSR count). The highest BCUT2D eigenvalue weighted by Crippen LogP contribution is 2.17. The molecule has 0 N–H and O–H groups in total. The van der Waals surface area contributed by atoms with Gasteiger partial charge in [-0.05, 0) is 43.9 Å². The quantitative estimate of drug-likeness (QED) is 0.767. The van der Waals surface area contributed by atoms with Crippen LogP contribution >= 0.6 is 0 Å². The lowest BCUT2D eigenvalue weighted by atomic mass is 9.97. The molecule has 0 aliphatic heterocycles. The van der Waals surface area contributed by atoms with E-state index in [9.17, 15) is 4.79 Å². The third-order valence-corrected chi connectivity index (χ3v) is 3.21. The first kappa shape index (κ1) is 12.5. The maximum Gasteiger partial charge on any atom is 0.161 e. The molecule has 0 atom stereocenters. The Labute approximate surface area is 108 Å². The number of ketones is 1. The number of rotatable bonds is 3. The maximum absolute atomic E-state index is 11.5. The Balaban J connectivity index is 2.32. The summed E-state index contributed by atoms with van der Waals surface area (Å²) >= 11 is 0. The lowest BCUT2D eigenvalue weighted by Crippen LogP contribution is -2.02. The van der Waals surface area contributed by atoms with E-state index in [-0.39, 0.29) is 5.78 Å². The van der Waals surface area contributed by atoms with E-state index in [1.807, 2.05) is 13.1 Å². The van der Waals surface area contributed by atoms with E-state index >= 15 is 0 Å². The smallest absolute Gasteiger partial charge is 0.161 e. The molecule has 2 heteroatoms. The number of nitrogens with zero attached hydrogens (tertiary/aromatic N) is 1. The van der Waals surface area contributed by atoms with Crippen molar-refractivity contribution < 1.29 is 4.79 Å². The number of carbonyl (C=O) groups is 1. The minimum absolute atomic E-state index is 0.0748. The topological polar surface area (TPSA) is 30.0 Å². The second-order valence-electron chi connectivity index (χ2n) is 4.69. The fourth-order valence-electron chi connectivity index (χ4n) is 2.03. The fourth-order valence-corrected chi connectivity index (χ4v) is 2.03. The summed E-state index contributed by atoms with van der Waals surface area (Å²) in [5.74, 6) is 0.0748. The highest BCUT2D eigenvalue weighted by Gasteiger charge is 2.08. The Morgan fingerprint density at radius 2 is 1.78 bits per heavy atom. The van der Waals surface area contributed by atoms with E-state index in [0.717, 1.165) is 23.1 Å². The van der Waals surface area contributed by atoms with E-state index in [2.05, 4.69) is 36.2 Å². The molecule has 1 heterocycles. The zero-order valence-corrected chi connectivity index (χ0v) is 11.0. The summed E-state index contributed by atoms with van der Waals surface area (Å²) in [6.45, 7) is 5.65. The Bertz CT molecular complexity index is 570. The Hall–Kier alpha value is -1.96. The molecule has 2 nitrogen and oxygen atoms in total. The molecule has 0 spiro atoms. The van der Waals surface area contributed by atoms with Crippen molar-refractivity contribution in [1.29, 1.82) is 0 Å². The molecule has 1 aromatic heterocycles. The SMILES string of the molecule is CC(=O)c1cncc(Cc2ccc(C)cc2)c1C. The van der Waals surface area contributed by atoms with E-state index in [1.54, 1.807) is 13.1 Å². The van der Waals surface area contributed by atoms with Crippen molar-refractivity contribution in [3.8, 4) is 0 Å². The zero-order valence-electron chi connectivity index (χ0n) is 11.0. The number of carbonyl (C=O) groups excluding carboxylic acids is 1. The average Bonchev–Trinajstić information content (AvgIpc) is 2.34. The third kappa shape index (κ3) is 2.65. The van der Waals surface area contributed by atoms with Crippen LogP contribution in [0, 0.1) is 13.8 Å². The van der Waals surface area contributed by atoms with Crippen LogP contribution in [0.3, 0.4) is 0 Å². The molecule has 0 saturated heterocycles. The van der Waals surface area contributed by atoms with Gasteiger partial charge in [0.25, 0.3) is 0 Å². The van der Waals surface area contributed by atoms with Gasteiger partial charge in [-0.3, -0.25) is 9.78 Å². The van der Waals surface area contributed by atoms with Gasteiger partial charge in [-0.1, -0.05) is 29.8 Å². The van der Waals surface area contributed by atoms with Crippen LogP contribution in [0.2, 0.25) is 0 Å². The fraction of sp³-hybridized carbons (Fsp3) is 0.250. The summed E-state index contributed by atoms with van der Waals surface area (Å²) < 4.78 is 0. The van der Waals surface area contributed by atoms with Gasteiger partial charge in [0, 0.05) is 18.0 Å². The van der Waals surface area contributed by atoms with Crippen molar-refractivity contribution in [2.75, 3.05) is 0 Å². The van der Waals surface area contributed by atoms with Crippen LogP contribution < -0.4 is 0 Å². The molecule has 0 amide bonds. The molecule has 0 bridgehead atoms. The van der Waals surface area contributed by atoms with E-state index in [1.165, 1.54) is 11.1 Å². The van der Waals surface area contributed by atoms with Crippen molar-refractivity contribution in [1.82, 2.24) is 4.98 Å². The van der Waals surface area contributed by atoms with Gasteiger partial charge in [-0.15, -0.1) is 0 Å². The van der Waals surface area contributed by atoms with Gasteiger partial charge in [-0.2, -0.15) is 0 Å². The van der Waals surface area contributed by atoms with Crippen LogP contribution in [0.1, 0.15) is 39.5 Å². The first-order valence-corrected chi connectivity index (χ1v) is 6.08. The van der Waals surface area contributed by atoms with Crippen molar-refractivity contribution >= 4 is 5.78 Å². The van der Waals surface area contributed by atoms with Crippen LogP contribution in [0.25, 0.3) is 0 Å². The number of hydrogen-bond donors (Lipinski definition) is 0. The van der Waals surface area contributed by atoms with Crippen molar-refractivity contribution in [2.45, 2.75) is 27.2 Å². The summed E-state index contributed by atoms with van der Waals surface area (Å²) in [7, 11) is 0. The maximum atomic E-state index is 11.5. The molecule has 1 aromatic carbocycles. The van der Waals surface area contributed by atoms with Crippen molar-refractivity contribution in [3.05, 3.63) is 64.5 Å². The van der Waals surface area contributed by atoms with E-state index in [4.69, 9.17) is 0 Å². The van der Waals surface area contributed by atoms with Gasteiger partial charge < -0.3 is 0 Å². The Kier molecular flexibility index (Phi) is 3.56.